The van der Waals surface area contributed by atoms with Crippen molar-refractivity contribution >= 4 is 22.4 Å². The molecule has 0 spiro atoms. The normalized spacial score (nSPS) is 12.6. The maximum atomic E-state index is 13.4. The number of aryl methyl sites for hydroxylation is 1. The predicted molar refractivity (Wildman–Crippen MR) is 86.1 cm³/mol. The van der Waals surface area contributed by atoms with Crippen molar-refractivity contribution in [2.24, 2.45) is 5.73 Å². The molecule has 106 valence electrons. The Balaban J connectivity index is 2.15. The van der Waals surface area contributed by atoms with Gasteiger partial charge in [0.2, 0.25) is 0 Å². The zero-order valence-corrected chi connectivity index (χ0v) is 12.4. The van der Waals surface area contributed by atoms with E-state index in [-0.39, 0.29) is 11.9 Å². The summed E-state index contributed by atoms with van der Waals surface area (Å²) in [6, 6.07) is 16.4. The first kappa shape index (κ1) is 14.1. The third-order valence-electron chi connectivity index (χ3n) is 3.78. The molecule has 0 fully saturated rings. The average Bonchev–Trinajstić information content (AvgIpc) is 2.50. The Labute approximate surface area is 128 Å². The first-order chi connectivity index (χ1) is 10.1. The lowest BCUT2D eigenvalue weighted by molar-refractivity contribution is 0.617. The summed E-state index contributed by atoms with van der Waals surface area (Å²) in [6.07, 6.45) is 0. The molecule has 3 rings (SSSR count). The van der Waals surface area contributed by atoms with Crippen molar-refractivity contribution in [1.82, 2.24) is 0 Å². The first-order valence-corrected chi connectivity index (χ1v) is 7.14. The van der Waals surface area contributed by atoms with Gasteiger partial charge in [0.1, 0.15) is 5.82 Å². The van der Waals surface area contributed by atoms with E-state index in [1.165, 1.54) is 6.07 Å². The van der Waals surface area contributed by atoms with E-state index in [9.17, 15) is 4.39 Å². The van der Waals surface area contributed by atoms with Crippen molar-refractivity contribution in [2.45, 2.75) is 13.0 Å². The SMILES string of the molecule is Cc1cc(C(N)c2ccc(Cl)c3ccccc23)ccc1F. The van der Waals surface area contributed by atoms with E-state index in [1.54, 1.807) is 19.1 Å². The van der Waals surface area contributed by atoms with E-state index < -0.39 is 0 Å². The number of hydrogen-bond donors (Lipinski definition) is 1. The number of benzene rings is 3. The molecule has 3 aromatic carbocycles. The van der Waals surface area contributed by atoms with E-state index in [0.29, 0.717) is 10.6 Å². The lowest BCUT2D eigenvalue weighted by atomic mass is 9.93. The number of rotatable bonds is 2. The molecule has 0 heterocycles. The summed E-state index contributed by atoms with van der Waals surface area (Å²) in [5.74, 6) is -0.216. The minimum absolute atomic E-state index is 0.216. The van der Waals surface area contributed by atoms with Crippen LogP contribution in [0.5, 0.6) is 0 Å². The van der Waals surface area contributed by atoms with Crippen LogP contribution in [0.15, 0.2) is 54.6 Å². The summed E-state index contributed by atoms with van der Waals surface area (Å²) in [6.45, 7) is 1.74. The second kappa shape index (κ2) is 5.47. The number of fused-ring (bicyclic) bond motifs is 1. The fourth-order valence-corrected chi connectivity index (χ4v) is 2.83. The molecule has 1 nitrogen and oxygen atoms in total. The fraction of sp³-hybridized carbons (Fsp3) is 0.111. The topological polar surface area (TPSA) is 26.0 Å². The maximum absolute atomic E-state index is 13.4. The van der Waals surface area contributed by atoms with E-state index in [4.69, 9.17) is 17.3 Å². The second-order valence-electron chi connectivity index (χ2n) is 5.17. The molecule has 1 unspecified atom stereocenters. The molecule has 0 bridgehead atoms. The summed E-state index contributed by atoms with van der Waals surface area (Å²) in [5, 5.41) is 2.71. The van der Waals surface area contributed by atoms with Gasteiger partial charge in [0.25, 0.3) is 0 Å². The maximum Gasteiger partial charge on any atom is 0.126 e. The molecule has 1 atom stereocenters. The highest BCUT2D eigenvalue weighted by molar-refractivity contribution is 6.35. The molecule has 0 saturated heterocycles. The van der Waals surface area contributed by atoms with Crippen LogP contribution >= 0.6 is 11.6 Å². The van der Waals surface area contributed by atoms with Gasteiger partial charge in [-0.3, -0.25) is 0 Å². The largest absolute Gasteiger partial charge is 0.320 e. The van der Waals surface area contributed by atoms with Crippen molar-refractivity contribution < 1.29 is 4.39 Å². The average molecular weight is 300 g/mol. The molecule has 0 amide bonds. The molecule has 0 aliphatic heterocycles. The second-order valence-corrected chi connectivity index (χ2v) is 5.58. The van der Waals surface area contributed by atoms with Gasteiger partial charge in [-0.2, -0.15) is 0 Å². The first-order valence-electron chi connectivity index (χ1n) is 6.76. The summed E-state index contributed by atoms with van der Waals surface area (Å²) < 4.78 is 13.4. The van der Waals surface area contributed by atoms with Gasteiger partial charge in [-0.1, -0.05) is 54.1 Å². The van der Waals surface area contributed by atoms with Crippen molar-refractivity contribution in [3.8, 4) is 0 Å². The highest BCUT2D eigenvalue weighted by Crippen LogP contribution is 2.32. The molecule has 2 N–H and O–H groups in total. The third-order valence-corrected chi connectivity index (χ3v) is 4.11. The highest BCUT2D eigenvalue weighted by atomic mass is 35.5. The molecule has 21 heavy (non-hydrogen) atoms. The van der Waals surface area contributed by atoms with Gasteiger partial charge in [0.15, 0.2) is 0 Å². The van der Waals surface area contributed by atoms with Gasteiger partial charge in [-0.25, -0.2) is 4.39 Å². The van der Waals surface area contributed by atoms with Crippen LogP contribution in [0.4, 0.5) is 4.39 Å². The standard InChI is InChI=1S/C18H15ClFN/c1-11-10-12(6-9-17(11)20)18(21)15-7-8-16(19)14-5-3-2-4-13(14)15/h2-10,18H,21H2,1H3. The minimum Gasteiger partial charge on any atom is -0.320 e. The van der Waals surface area contributed by atoms with Crippen LogP contribution in [-0.4, -0.2) is 0 Å². The Bertz CT molecular complexity index is 813. The molecule has 3 heteroatoms. The quantitative estimate of drug-likeness (QED) is 0.709. The predicted octanol–water partition coefficient (Wildman–Crippen LogP) is 4.99. The van der Waals surface area contributed by atoms with Crippen LogP contribution in [-0.2, 0) is 0 Å². The number of hydrogen-bond acceptors (Lipinski definition) is 1. The van der Waals surface area contributed by atoms with Gasteiger partial charge in [-0.05, 0) is 41.1 Å². The highest BCUT2D eigenvalue weighted by Gasteiger charge is 2.14. The van der Waals surface area contributed by atoms with Gasteiger partial charge in [0.05, 0.1) is 6.04 Å². The van der Waals surface area contributed by atoms with Crippen LogP contribution in [0.25, 0.3) is 10.8 Å². The van der Waals surface area contributed by atoms with Gasteiger partial charge in [-0.15, -0.1) is 0 Å². The van der Waals surface area contributed by atoms with Gasteiger partial charge in [0, 0.05) is 10.4 Å². The monoisotopic (exact) mass is 299 g/mol. The molecule has 0 radical (unpaired) electrons. The van der Waals surface area contributed by atoms with E-state index in [2.05, 4.69) is 0 Å². The zero-order chi connectivity index (χ0) is 15.0. The van der Waals surface area contributed by atoms with E-state index >= 15 is 0 Å². The fourth-order valence-electron chi connectivity index (χ4n) is 2.60. The zero-order valence-electron chi connectivity index (χ0n) is 11.6. The summed E-state index contributed by atoms with van der Waals surface area (Å²) >= 11 is 6.24. The Morgan fingerprint density at radius 2 is 1.71 bits per heavy atom. The minimum atomic E-state index is -0.313. The molecule has 0 aliphatic rings. The van der Waals surface area contributed by atoms with Gasteiger partial charge >= 0.3 is 0 Å². The summed E-state index contributed by atoms with van der Waals surface area (Å²) in [7, 11) is 0. The number of nitrogens with two attached hydrogens (primary N) is 1. The smallest absolute Gasteiger partial charge is 0.126 e. The molecule has 0 saturated carbocycles. The van der Waals surface area contributed by atoms with E-state index in [0.717, 1.165) is 21.9 Å². The number of halogens is 2. The third kappa shape index (κ3) is 2.53. The van der Waals surface area contributed by atoms with E-state index in [1.807, 2.05) is 36.4 Å². The Morgan fingerprint density at radius 1 is 1.00 bits per heavy atom. The molecule has 3 aromatic rings. The molecule has 0 aliphatic carbocycles. The van der Waals surface area contributed by atoms with Crippen LogP contribution in [0.1, 0.15) is 22.7 Å². The van der Waals surface area contributed by atoms with Crippen LogP contribution in [0.3, 0.4) is 0 Å². The Hall–Kier alpha value is -1.90. The van der Waals surface area contributed by atoms with Crippen LogP contribution in [0, 0.1) is 12.7 Å². The Morgan fingerprint density at radius 3 is 2.43 bits per heavy atom. The lowest BCUT2D eigenvalue weighted by Crippen LogP contribution is -2.12. The summed E-state index contributed by atoms with van der Waals surface area (Å²) in [4.78, 5) is 0. The molecular formula is C18H15ClFN. The Kier molecular flexibility index (Phi) is 3.66. The van der Waals surface area contributed by atoms with Crippen molar-refractivity contribution in [1.29, 1.82) is 0 Å². The summed E-state index contributed by atoms with van der Waals surface area (Å²) in [5.41, 5.74) is 8.86. The lowest BCUT2D eigenvalue weighted by Gasteiger charge is -2.16. The molecule has 0 aromatic heterocycles. The van der Waals surface area contributed by atoms with Crippen molar-refractivity contribution in [2.75, 3.05) is 0 Å². The van der Waals surface area contributed by atoms with Crippen LogP contribution in [0.2, 0.25) is 5.02 Å². The van der Waals surface area contributed by atoms with Crippen LogP contribution < -0.4 is 5.73 Å². The molecular weight excluding hydrogens is 285 g/mol. The van der Waals surface area contributed by atoms with Crippen molar-refractivity contribution in [3.05, 3.63) is 82.1 Å². The van der Waals surface area contributed by atoms with Gasteiger partial charge < -0.3 is 5.73 Å². The van der Waals surface area contributed by atoms with Crippen molar-refractivity contribution in [3.63, 3.8) is 0 Å².